The normalized spacial score (nSPS) is 15.7. The summed E-state index contributed by atoms with van der Waals surface area (Å²) in [6.45, 7) is 5.40. The minimum absolute atomic E-state index is 0. The van der Waals surface area contributed by atoms with Gasteiger partial charge in [-0.15, -0.1) is 24.0 Å². The van der Waals surface area contributed by atoms with Gasteiger partial charge in [0.25, 0.3) is 5.91 Å². The largest absolute Gasteiger partial charge is 0.495 e. The van der Waals surface area contributed by atoms with Crippen LogP contribution in [0.25, 0.3) is 0 Å². The average molecular weight is 551 g/mol. The Kier molecular flexibility index (Phi) is 10.6. The molecule has 2 aromatic rings. The number of benzene rings is 2. The molecule has 8 heteroatoms. The molecule has 1 aliphatic heterocycles. The lowest BCUT2D eigenvalue weighted by atomic mass is 10.1. The average Bonchev–Trinajstić information content (AvgIpc) is 3.27. The number of anilines is 1. The van der Waals surface area contributed by atoms with E-state index in [9.17, 15) is 4.79 Å². The van der Waals surface area contributed by atoms with Crippen LogP contribution in [0, 0.1) is 0 Å². The predicted molar refractivity (Wildman–Crippen MR) is 142 cm³/mol. The molecule has 1 amide bonds. The fourth-order valence-corrected chi connectivity index (χ4v) is 3.81. The number of para-hydroxylation sites is 2. The molecule has 1 aliphatic rings. The number of hydrogen-bond donors (Lipinski definition) is 3. The lowest BCUT2D eigenvalue weighted by Crippen LogP contribution is -2.44. The topological polar surface area (TPSA) is 78.0 Å². The molecular formula is C24H34IN5O2. The first kappa shape index (κ1) is 25.8. The third-order valence-corrected chi connectivity index (χ3v) is 5.39. The van der Waals surface area contributed by atoms with Crippen LogP contribution in [0.5, 0.6) is 5.75 Å². The van der Waals surface area contributed by atoms with Crippen LogP contribution < -0.4 is 25.6 Å². The molecule has 1 saturated heterocycles. The number of rotatable bonds is 8. The Bertz CT molecular complexity index is 905. The molecule has 3 rings (SSSR count). The van der Waals surface area contributed by atoms with E-state index in [1.54, 1.807) is 14.2 Å². The number of nitrogens with one attached hydrogen (secondary N) is 3. The highest BCUT2D eigenvalue weighted by molar-refractivity contribution is 14.0. The summed E-state index contributed by atoms with van der Waals surface area (Å²) in [7, 11) is 3.36. The van der Waals surface area contributed by atoms with Gasteiger partial charge in [-0.1, -0.05) is 24.3 Å². The maximum Gasteiger partial charge on any atom is 0.251 e. The fourth-order valence-electron chi connectivity index (χ4n) is 3.81. The number of amides is 1. The summed E-state index contributed by atoms with van der Waals surface area (Å²) < 4.78 is 5.51. The summed E-state index contributed by atoms with van der Waals surface area (Å²) in [4.78, 5) is 18.9. The van der Waals surface area contributed by atoms with Gasteiger partial charge in [-0.05, 0) is 49.6 Å². The van der Waals surface area contributed by atoms with Gasteiger partial charge < -0.3 is 25.6 Å². The van der Waals surface area contributed by atoms with Gasteiger partial charge >= 0.3 is 0 Å². The van der Waals surface area contributed by atoms with Crippen LogP contribution in [-0.4, -0.2) is 58.2 Å². The molecule has 174 valence electrons. The molecule has 7 nitrogen and oxygen atoms in total. The zero-order valence-corrected chi connectivity index (χ0v) is 21.4. The van der Waals surface area contributed by atoms with Gasteiger partial charge in [0.1, 0.15) is 5.75 Å². The Hall–Kier alpha value is -2.49. The molecular weight excluding hydrogens is 517 g/mol. The molecule has 32 heavy (non-hydrogen) atoms. The molecule has 2 aromatic carbocycles. The fraction of sp³-hybridized carbons (Fsp3) is 0.417. The summed E-state index contributed by atoms with van der Waals surface area (Å²) in [6.07, 6.45) is 1.82. The number of halogens is 1. The van der Waals surface area contributed by atoms with Crippen LogP contribution in [0.15, 0.2) is 53.5 Å². The molecule has 1 unspecified atom stereocenters. The molecule has 0 radical (unpaired) electrons. The Balaban J connectivity index is 0.00000363. The zero-order chi connectivity index (χ0) is 22.1. The van der Waals surface area contributed by atoms with Gasteiger partial charge in [-0.3, -0.25) is 9.79 Å². The van der Waals surface area contributed by atoms with Crippen LogP contribution in [0.3, 0.4) is 0 Å². The number of carbonyl (C=O) groups is 1. The van der Waals surface area contributed by atoms with Crippen LogP contribution in [0.4, 0.5) is 5.69 Å². The van der Waals surface area contributed by atoms with Crippen molar-refractivity contribution in [3.63, 3.8) is 0 Å². The van der Waals surface area contributed by atoms with Crippen LogP contribution in [0.1, 0.15) is 29.3 Å². The second-order valence-electron chi connectivity index (χ2n) is 7.54. The molecule has 0 aromatic heterocycles. The van der Waals surface area contributed by atoms with Crippen molar-refractivity contribution in [3.05, 3.63) is 59.7 Å². The highest BCUT2D eigenvalue weighted by Gasteiger charge is 2.25. The first-order valence-electron chi connectivity index (χ1n) is 10.9. The van der Waals surface area contributed by atoms with E-state index in [1.165, 1.54) is 0 Å². The third-order valence-electron chi connectivity index (χ3n) is 5.39. The van der Waals surface area contributed by atoms with Gasteiger partial charge in [0.05, 0.1) is 12.8 Å². The number of hydrogen-bond acceptors (Lipinski definition) is 4. The standard InChI is InChI=1S/C24H33N5O2.HI/c1-4-26-24(27-14-12-18-8-7-9-19(16-18)23(30)25-2)28-20-13-15-29(17-20)21-10-5-6-11-22(21)31-3;/h5-11,16,20H,4,12-15,17H2,1-3H3,(H,25,30)(H2,26,27,28);1H. The first-order chi connectivity index (χ1) is 15.1. The number of methoxy groups -OCH3 is 1. The van der Waals surface area contributed by atoms with E-state index in [2.05, 4.69) is 33.8 Å². The SMILES string of the molecule is CCNC(=NCCc1cccc(C(=O)NC)c1)NC1CCN(c2ccccc2OC)C1.I. The van der Waals surface area contributed by atoms with Crippen LogP contribution in [0.2, 0.25) is 0 Å². The van der Waals surface area contributed by atoms with Crippen molar-refractivity contribution in [1.29, 1.82) is 0 Å². The Morgan fingerprint density at radius 1 is 1.22 bits per heavy atom. The molecule has 1 atom stereocenters. The first-order valence-corrected chi connectivity index (χ1v) is 10.9. The molecule has 1 fully saturated rings. The Morgan fingerprint density at radius 2 is 2.03 bits per heavy atom. The number of guanidine groups is 1. The van der Waals surface area contributed by atoms with Crippen molar-refractivity contribution >= 4 is 41.5 Å². The maximum atomic E-state index is 11.8. The van der Waals surface area contributed by atoms with Crippen molar-refractivity contribution in [1.82, 2.24) is 16.0 Å². The summed E-state index contributed by atoms with van der Waals surface area (Å²) >= 11 is 0. The third kappa shape index (κ3) is 7.01. The van der Waals surface area contributed by atoms with Crippen LogP contribution >= 0.6 is 24.0 Å². The molecule has 1 heterocycles. The van der Waals surface area contributed by atoms with E-state index in [0.717, 1.165) is 55.4 Å². The number of aliphatic imine (C=N–C) groups is 1. The summed E-state index contributed by atoms with van der Waals surface area (Å²) in [5.41, 5.74) is 2.91. The lowest BCUT2D eigenvalue weighted by Gasteiger charge is -2.22. The van der Waals surface area contributed by atoms with Gasteiger partial charge in [0.15, 0.2) is 5.96 Å². The molecule has 0 spiro atoms. The zero-order valence-electron chi connectivity index (χ0n) is 19.1. The summed E-state index contributed by atoms with van der Waals surface area (Å²) in [6, 6.07) is 16.2. The van der Waals surface area contributed by atoms with Crippen molar-refractivity contribution < 1.29 is 9.53 Å². The Labute approximate surface area is 208 Å². The van der Waals surface area contributed by atoms with Gasteiger partial charge in [-0.2, -0.15) is 0 Å². The van der Waals surface area contributed by atoms with Crippen molar-refractivity contribution in [3.8, 4) is 5.75 Å². The maximum absolute atomic E-state index is 11.8. The van der Waals surface area contributed by atoms with Crippen LogP contribution in [-0.2, 0) is 6.42 Å². The molecule has 0 saturated carbocycles. The predicted octanol–water partition coefficient (Wildman–Crippen LogP) is 3.05. The molecule has 0 aliphatic carbocycles. The Morgan fingerprint density at radius 3 is 2.78 bits per heavy atom. The monoisotopic (exact) mass is 551 g/mol. The minimum atomic E-state index is -0.0683. The highest BCUT2D eigenvalue weighted by atomic mass is 127. The molecule has 0 bridgehead atoms. The van der Waals surface area contributed by atoms with Gasteiger partial charge in [-0.25, -0.2) is 0 Å². The van der Waals surface area contributed by atoms with Gasteiger partial charge in [0, 0.05) is 44.8 Å². The van der Waals surface area contributed by atoms with E-state index in [4.69, 9.17) is 9.73 Å². The van der Waals surface area contributed by atoms with E-state index in [1.807, 2.05) is 42.5 Å². The number of carbonyl (C=O) groups excluding carboxylic acids is 1. The second-order valence-corrected chi connectivity index (χ2v) is 7.54. The van der Waals surface area contributed by atoms with E-state index < -0.39 is 0 Å². The van der Waals surface area contributed by atoms with Gasteiger partial charge in [0.2, 0.25) is 0 Å². The summed E-state index contributed by atoms with van der Waals surface area (Å²) in [5.74, 6) is 1.67. The minimum Gasteiger partial charge on any atom is -0.495 e. The van der Waals surface area contributed by atoms with Crippen molar-refractivity contribution in [2.75, 3.05) is 45.2 Å². The molecule has 3 N–H and O–H groups in total. The second kappa shape index (κ2) is 13.1. The smallest absolute Gasteiger partial charge is 0.251 e. The number of ether oxygens (including phenoxy) is 1. The van der Waals surface area contributed by atoms with E-state index in [-0.39, 0.29) is 29.9 Å². The number of nitrogens with zero attached hydrogens (tertiary/aromatic N) is 2. The lowest BCUT2D eigenvalue weighted by molar-refractivity contribution is 0.0963. The van der Waals surface area contributed by atoms with E-state index >= 15 is 0 Å². The summed E-state index contributed by atoms with van der Waals surface area (Å²) in [5, 5.41) is 9.58. The van der Waals surface area contributed by atoms with Crippen molar-refractivity contribution in [2.45, 2.75) is 25.8 Å². The highest BCUT2D eigenvalue weighted by Crippen LogP contribution is 2.30. The van der Waals surface area contributed by atoms with Crippen molar-refractivity contribution in [2.24, 2.45) is 4.99 Å². The quantitative estimate of drug-likeness (QED) is 0.267. The van der Waals surface area contributed by atoms with E-state index in [0.29, 0.717) is 18.2 Å².